The highest BCUT2D eigenvalue weighted by molar-refractivity contribution is 5.81. The predicted molar refractivity (Wildman–Crippen MR) is 117 cm³/mol. The Morgan fingerprint density at radius 2 is 1.54 bits per heavy atom. The number of rotatable bonds is 9. The second-order valence-corrected chi connectivity index (χ2v) is 7.58. The first-order valence-corrected chi connectivity index (χ1v) is 10.2. The highest BCUT2D eigenvalue weighted by Gasteiger charge is 2.17. The molecule has 0 atom stereocenters. The maximum atomic E-state index is 12.8. The van der Waals surface area contributed by atoms with Crippen LogP contribution in [0.5, 0.6) is 5.75 Å². The minimum absolute atomic E-state index is 0.156. The molecule has 0 aromatic heterocycles. The molecule has 0 saturated carbocycles. The molecule has 152 valence electrons. The lowest BCUT2D eigenvalue weighted by Gasteiger charge is -2.28. The maximum absolute atomic E-state index is 12.8. The summed E-state index contributed by atoms with van der Waals surface area (Å²) in [5, 5.41) is 0. The van der Waals surface area contributed by atoms with E-state index < -0.39 is 0 Å². The van der Waals surface area contributed by atoms with Gasteiger partial charge in [-0.15, -0.1) is 0 Å². The van der Waals surface area contributed by atoms with Crippen LogP contribution in [0.2, 0.25) is 0 Å². The molecule has 0 aliphatic carbocycles. The number of likely N-dealkylation sites (N-methyl/N-ethyl adjacent to an activating group) is 1. The molecule has 0 fully saturated rings. The first-order valence-electron chi connectivity index (χ1n) is 10.2. The van der Waals surface area contributed by atoms with Gasteiger partial charge in [0.05, 0.1) is 12.6 Å². The van der Waals surface area contributed by atoms with Crippen molar-refractivity contribution >= 4 is 11.6 Å². The molecule has 0 spiro atoms. The molecular formula is C24H34N2O2. The summed E-state index contributed by atoms with van der Waals surface area (Å²) in [6.07, 6.45) is 0.157. The van der Waals surface area contributed by atoms with Gasteiger partial charge in [0.15, 0.2) is 0 Å². The number of carbonyl (C=O) groups is 1. The monoisotopic (exact) mass is 382 g/mol. The van der Waals surface area contributed by atoms with E-state index in [2.05, 4.69) is 49.1 Å². The van der Waals surface area contributed by atoms with Crippen molar-refractivity contribution in [3.05, 3.63) is 59.2 Å². The highest BCUT2D eigenvalue weighted by Crippen LogP contribution is 2.22. The molecule has 1 amide bonds. The van der Waals surface area contributed by atoms with Crippen LogP contribution in [0.25, 0.3) is 0 Å². The third kappa shape index (κ3) is 6.29. The summed E-state index contributed by atoms with van der Waals surface area (Å²) in [5.41, 5.74) is 4.65. The number of hydrogen-bond acceptors (Lipinski definition) is 3. The molecule has 0 aliphatic heterocycles. The van der Waals surface area contributed by atoms with Gasteiger partial charge >= 0.3 is 0 Å². The Bertz CT molecular complexity index is 744. The van der Waals surface area contributed by atoms with Crippen LogP contribution >= 0.6 is 0 Å². The number of carbonyl (C=O) groups excluding carboxylic acids is 1. The topological polar surface area (TPSA) is 32.8 Å². The van der Waals surface area contributed by atoms with E-state index in [1.807, 2.05) is 44.7 Å². The summed E-state index contributed by atoms with van der Waals surface area (Å²) < 4.78 is 5.74. The van der Waals surface area contributed by atoms with Gasteiger partial charge in [-0.2, -0.15) is 0 Å². The lowest BCUT2D eigenvalue weighted by Crippen LogP contribution is -2.40. The molecule has 4 nitrogen and oxygen atoms in total. The normalized spacial score (nSPS) is 10.8. The fourth-order valence-electron chi connectivity index (χ4n) is 3.38. The fraction of sp³-hybridized carbons (Fsp3) is 0.458. The molecule has 0 saturated heterocycles. The van der Waals surface area contributed by atoms with Crippen LogP contribution in [-0.2, 0) is 11.3 Å². The third-order valence-corrected chi connectivity index (χ3v) is 4.68. The van der Waals surface area contributed by atoms with Gasteiger partial charge in [-0.25, -0.2) is 0 Å². The zero-order valence-electron chi connectivity index (χ0n) is 18.2. The van der Waals surface area contributed by atoms with E-state index in [1.165, 1.54) is 11.1 Å². The van der Waals surface area contributed by atoms with E-state index in [0.29, 0.717) is 13.1 Å². The molecule has 0 bridgehead atoms. The standard InChI is InChI=1S/C24H34N2O2/c1-7-25(8-2)24(27)17-26(22-14-19(5)13-20(6)15-22)16-21-9-11-23(12-10-21)28-18(3)4/h9-15,18H,7-8,16-17H2,1-6H3. The number of benzene rings is 2. The Kier molecular flexibility index (Phi) is 7.91. The Balaban J connectivity index is 2.26. The molecule has 2 rings (SSSR count). The SMILES string of the molecule is CCN(CC)C(=O)CN(Cc1ccc(OC(C)C)cc1)c1cc(C)cc(C)c1. The molecular weight excluding hydrogens is 348 g/mol. The first kappa shape index (κ1) is 21.8. The van der Waals surface area contributed by atoms with Crippen molar-refractivity contribution in [2.24, 2.45) is 0 Å². The lowest BCUT2D eigenvalue weighted by atomic mass is 10.1. The Morgan fingerprint density at radius 1 is 0.964 bits per heavy atom. The minimum Gasteiger partial charge on any atom is -0.491 e. The van der Waals surface area contributed by atoms with Crippen LogP contribution in [-0.4, -0.2) is 36.5 Å². The number of anilines is 1. The predicted octanol–water partition coefficient (Wildman–Crippen LogP) is 4.97. The van der Waals surface area contributed by atoms with Gasteiger partial charge in [0.1, 0.15) is 5.75 Å². The van der Waals surface area contributed by atoms with Gasteiger partial charge in [0.2, 0.25) is 5.91 Å². The summed E-state index contributed by atoms with van der Waals surface area (Å²) in [4.78, 5) is 16.8. The van der Waals surface area contributed by atoms with Crippen molar-refractivity contribution in [2.75, 3.05) is 24.5 Å². The highest BCUT2D eigenvalue weighted by atomic mass is 16.5. The average molecular weight is 383 g/mol. The van der Waals surface area contributed by atoms with Crippen LogP contribution in [0.15, 0.2) is 42.5 Å². The summed E-state index contributed by atoms with van der Waals surface area (Å²) >= 11 is 0. The largest absolute Gasteiger partial charge is 0.491 e. The quantitative estimate of drug-likeness (QED) is 0.614. The molecule has 2 aromatic rings. The van der Waals surface area contributed by atoms with Gasteiger partial charge in [0, 0.05) is 25.3 Å². The Labute approximate surface area is 170 Å². The second-order valence-electron chi connectivity index (χ2n) is 7.58. The zero-order chi connectivity index (χ0) is 20.7. The number of hydrogen-bond donors (Lipinski definition) is 0. The van der Waals surface area contributed by atoms with E-state index >= 15 is 0 Å². The third-order valence-electron chi connectivity index (χ3n) is 4.68. The van der Waals surface area contributed by atoms with Crippen molar-refractivity contribution in [3.63, 3.8) is 0 Å². The van der Waals surface area contributed by atoms with Crippen molar-refractivity contribution in [1.82, 2.24) is 4.90 Å². The molecule has 0 aliphatic rings. The van der Waals surface area contributed by atoms with Crippen molar-refractivity contribution in [3.8, 4) is 5.75 Å². The first-order chi connectivity index (χ1) is 13.3. The molecule has 0 unspecified atom stereocenters. The second kappa shape index (κ2) is 10.2. The summed E-state index contributed by atoms with van der Waals surface area (Å²) in [6.45, 7) is 14.8. The summed E-state index contributed by atoms with van der Waals surface area (Å²) in [7, 11) is 0. The molecule has 2 aromatic carbocycles. The molecule has 0 radical (unpaired) electrons. The van der Waals surface area contributed by atoms with Crippen LogP contribution < -0.4 is 9.64 Å². The van der Waals surface area contributed by atoms with Gasteiger partial charge in [-0.3, -0.25) is 4.79 Å². The van der Waals surface area contributed by atoms with E-state index in [-0.39, 0.29) is 12.0 Å². The number of aryl methyl sites for hydroxylation is 2. The average Bonchev–Trinajstić information content (AvgIpc) is 2.62. The fourth-order valence-corrected chi connectivity index (χ4v) is 3.38. The van der Waals surface area contributed by atoms with Crippen molar-refractivity contribution in [1.29, 1.82) is 0 Å². The van der Waals surface area contributed by atoms with E-state index in [4.69, 9.17) is 4.74 Å². The van der Waals surface area contributed by atoms with Gasteiger partial charge in [0.25, 0.3) is 0 Å². The van der Waals surface area contributed by atoms with E-state index in [9.17, 15) is 4.79 Å². The van der Waals surface area contributed by atoms with Crippen molar-refractivity contribution < 1.29 is 9.53 Å². The minimum atomic E-state index is 0.156. The van der Waals surface area contributed by atoms with Crippen LogP contribution in [0, 0.1) is 13.8 Å². The molecule has 0 N–H and O–H groups in total. The van der Waals surface area contributed by atoms with Gasteiger partial charge in [-0.05, 0) is 82.5 Å². The Hall–Kier alpha value is -2.49. The summed E-state index contributed by atoms with van der Waals surface area (Å²) in [6, 6.07) is 14.6. The molecule has 0 heterocycles. The lowest BCUT2D eigenvalue weighted by molar-refractivity contribution is -0.129. The molecule has 28 heavy (non-hydrogen) atoms. The maximum Gasteiger partial charge on any atom is 0.242 e. The van der Waals surface area contributed by atoms with Gasteiger partial charge in [-0.1, -0.05) is 18.2 Å². The number of nitrogens with zero attached hydrogens (tertiary/aromatic N) is 2. The van der Waals surface area contributed by atoms with Crippen LogP contribution in [0.4, 0.5) is 5.69 Å². The van der Waals surface area contributed by atoms with Crippen molar-refractivity contribution in [2.45, 2.75) is 54.2 Å². The Morgan fingerprint density at radius 3 is 2.04 bits per heavy atom. The number of amides is 1. The van der Waals surface area contributed by atoms with E-state index in [1.54, 1.807) is 0 Å². The molecule has 4 heteroatoms. The zero-order valence-corrected chi connectivity index (χ0v) is 18.2. The smallest absolute Gasteiger partial charge is 0.242 e. The number of ether oxygens (including phenoxy) is 1. The van der Waals surface area contributed by atoms with E-state index in [0.717, 1.165) is 30.1 Å². The van der Waals surface area contributed by atoms with Crippen LogP contribution in [0.3, 0.4) is 0 Å². The summed E-state index contributed by atoms with van der Waals surface area (Å²) in [5.74, 6) is 1.03. The van der Waals surface area contributed by atoms with Crippen LogP contribution in [0.1, 0.15) is 44.4 Å². The van der Waals surface area contributed by atoms with Gasteiger partial charge < -0.3 is 14.5 Å².